The van der Waals surface area contributed by atoms with E-state index >= 15 is 0 Å². The molecule has 1 amide bonds. The summed E-state index contributed by atoms with van der Waals surface area (Å²) in [6.07, 6.45) is 0. The molecule has 2 rings (SSSR count). The number of ether oxygens (including phenoxy) is 2. The van der Waals surface area contributed by atoms with Crippen molar-refractivity contribution < 1.29 is 29.0 Å². The third-order valence-corrected chi connectivity index (χ3v) is 4.54. The van der Waals surface area contributed by atoms with Crippen molar-refractivity contribution in [1.29, 1.82) is 0 Å². The zero-order valence-corrected chi connectivity index (χ0v) is 14.3. The van der Waals surface area contributed by atoms with Crippen LogP contribution < -0.4 is 14.8 Å². The Morgan fingerprint density at radius 1 is 1.08 bits per heavy atom. The number of carbonyl (C=O) groups excluding carboxylic acids is 2. The van der Waals surface area contributed by atoms with Gasteiger partial charge in [0.15, 0.2) is 17.3 Å². The highest BCUT2D eigenvalue weighted by Crippen LogP contribution is 2.58. The van der Waals surface area contributed by atoms with Crippen LogP contribution >= 0.6 is 0 Å². The Hall–Kier alpha value is -2.57. The van der Waals surface area contributed by atoms with Crippen LogP contribution in [0, 0.1) is 17.3 Å². The fourth-order valence-electron chi connectivity index (χ4n) is 3.07. The number of Topliss-reactive ketones (excluding diaryl/α,β-unsaturated/α-hetero) is 1. The molecule has 0 aromatic heterocycles. The van der Waals surface area contributed by atoms with Crippen molar-refractivity contribution in [3.63, 3.8) is 0 Å². The van der Waals surface area contributed by atoms with Gasteiger partial charge < -0.3 is 19.9 Å². The first-order chi connectivity index (χ1) is 11.1. The second-order valence-corrected chi connectivity index (χ2v) is 6.41. The summed E-state index contributed by atoms with van der Waals surface area (Å²) in [5, 5.41) is 11.9. The third kappa shape index (κ3) is 2.93. The number of carbonyl (C=O) groups is 3. The lowest BCUT2D eigenvalue weighted by atomic mass is 10.1. The molecule has 0 saturated heterocycles. The molecule has 2 N–H and O–H groups in total. The average molecular weight is 335 g/mol. The van der Waals surface area contributed by atoms with Crippen molar-refractivity contribution in [1.82, 2.24) is 0 Å². The SMILES string of the molecule is COc1cc(NC(=O)[C@H]2[C@@H](C(=O)O)C2(C)C)c(C(C)=O)cc1OC. The summed E-state index contributed by atoms with van der Waals surface area (Å²) in [5.41, 5.74) is -0.0774. The number of hydrogen-bond donors (Lipinski definition) is 2. The summed E-state index contributed by atoms with van der Waals surface area (Å²) < 4.78 is 10.3. The van der Waals surface area contributed by atoms with Crippen molar-refractivity contribution in [3.05, 3.63) is 17.7 Å². The van der Waals surface area contributed by atoms with E-state index in [-0.39, 0.29) is 17.0 Å². The molecule has 0 spiro atoms. The molecule has 7 heteroatoms. The highest BCUT2D eigenvalue weighted by Gasteiger charge is 2.65. The number of carboxylic acids is 1. The lowest BCUT2D eigenvalue weighted by molar-refractivity contribution is -0.140. The van der Waals surface area contributed by atoms with Gasteiger partial charge in [-0.2, -0.15) is 0 Å². The van der Waals surface area contributed by atoms with Crippen LogP contribution in [0.15, 0.2) is 12.1 Å². The average Bonchev–Trinajstić information content (AvgIpc) is 3.09. The number of rotatable bonds is 6. The molecule has 7 nitrogen and oxygen atoms in total. The number of hydrogen-bond acceptors (Lipinski definition) is 5. The summed E-state index contributed by atoms with van der Waals surface area (Å²) in [5.74, 6) is -2.34. The second kappa shape index (κ2) is 6.14. The van der Waals surface area contributed by atoms with Crippen molar-refractivity contribution >= 4 is 23.3 Å². The maximum absolute atomic E-state index is 12.5. The van der Waals surface area contributed by atoms with Crippen LogP contribution in [-0.4, -0.2) is 37.0 Å². The van der Waals surface area contributed by atoms with E-state index < -0.39 is 29.1 Å². The van der Waals surface area contributed by atoms with Gasteiger partial charge in [0, 0.05) is 11.6 Å². The van der Waals surface area contributed by atoms with E-state index in [0.717, 1.165) is 0 Å². The maximum atomic E-state index is 12.5. The van der Waals surface area contributed by atoms with E-state index in [1.165, 1.54) is 33.3 Å². The van der Waals surface area contributed by atoms with Crippen molar-refractivity contribution in [3.8, 4) is 11.5 Å². The zero-order chi connectivity index (χ0) is 18.2. The van der Waals surface area contributed by atoms with Gasteiger partial charge in [-0.05, 0) is 18.4 Å². The van der Waals surface area contributed by atoms with E-state index in [1.54, 1.807) is 13.8 Å². The molecule has 0 radical (unpaired) electrons. The number of nitrogens with one attached hydrogen (secondary N) is 1. The van der Waals surface area contributed by atoms with Gasteiger partial charge in [-0.15, -0.1) is 0 Å². The Bertz CT molecular complexity index is 709. The van der Waals surface area contributed by atoms with Crippen LogP contribution in [0.5, 0.6) is 11.5 Å². The number of aliphatic carboxylic acids is 1. The lowest BCUT2D eigenvalue weighted by Gasteiger charge is -2.14. The first-order valence-electron chi connectivity index (χ1n) is 7.45. The standard InChI is InChI=1S/C17H21NO6/c1-8(19)9-6-11(23-4)12(24-5)7-10(9)18-15(20)13-14(16(21)22)17(13,2)3/h6-7,13-14H,1-5H3,(H,18,20)(H,21,22)/t13-,14+/m1/s1. The normalized spacial score (nSPS) is 20.9. The van der Waals surface area contributed by atoms with Crippen LogP contribution in [0.2, 0.25) is 0 Å². The molecule has 130 valence electrons. The minimum atomic E-state index is -1.00. The van der Waals surface area contributed by atoms with Gasteiger partial charge in [-0.25, -0.2) is 0 Å². The third-order valence-electron chi connectivity index (χ3n) is 4.54. The van der Waals surface area contributed by atoms with E-state index in [9.17, 15) is 19.5 Å². The highest BCUT2D eigenvalue weighted by atomic mass is 16.5. The Kier molecular flexibility index (Phi) is 4.55. The molecule has 0 bridgehead atoms. The molecule has 1 aromatic carbocycles. The van der Waals surface area contributed by atoms with Crippen molar-refractivity contribution in [2.75, 3.05) is 19.5 Å². The van der Waals surface area contributed by atoms with Gasteiger partial charge in [0.25, 0.3) is 0 Å². The topological polar surface area (TPSA) is 102 Å². The predicted molar refractivity (Wildman–Crippen MR) is 86.6 cm³/mol. The largest absolute Gasteiger partial charge is 0.493 e. The zero-order valence-electron chi connectivity index (χ0n) is 14.3. The molecule has 1 aliphatic rings. The van der Waals surface area contributed by atoms with Crippen LogP contribution in [0.1, 0.15) is 31.1 Å². The van der Waals surface area contributed by atoms with Gasteiger partial charge in [0.2, 0.25) is 5.91 Å². The van der Waals surface area contributed by atoms with Crippen molar-refractivity contribution in [2.45, 2.75) is 20.8 Å². The van der Waals surface area contributed by atoms with Crippen LogP contribution in [0.25, 0.3) is 0 Å². The van der Waals surface area contributed by atoms with Gasteiger partial charge in [0.05, 0.1) is 31.7 Å². The van der Waals surface area contributed by atoms with Gasteiger partial charge in [0.1, 0.15) is 0 Å². The molecule has 0 aliphatic heterocycles. The number of carboxylic acid groups (broad SMARTS) is 1. The lowest BCUT2D eigenvalue weighted by Crippen LogP contribution is -2.19. The van der Waals surface area contributed by atoms with E-state index in [1.807, 2.05) is 0 Å². The predicted octanol–water partition coefficient (Wildman–Crippen LogP) is 2.20. The molecule has 1 saturated carbocycles. The maximum Gasteiger partial charge on any atom is 0.307 e. The Balaban J connectivity index is 2.34. The molecular formula is C17H21NO6. The van der Waals surface area contributed by atoms with Gasteiger partial charge in [-0.1, -0.05) is 13.8 Å². The fourth-order valence-corrected chi connectivity index (χ4v) is 3.07. The molecule has 1 aliphatic carbocycles. The number of amides is 1. The summed E-state index contributed by atoms with van der Waals surface area (Å²) >= 11 is 0. The molecule has 24 heavy (non-hydrogen) atoms. The fraction of sp³-hybridized carbons (Fsp3) is 0.471. The number of ketones is 1. The second-order valence-electron chi connectivity index (χ2n) is 6.41. The minimum absolute atomic E-state index is 0.254. The van der Waals surface area contributed by atoms with E-state index in [2.05, 4.69) is 5.32 Å². The van der Waals surface area contributed by atoms with Gasteiger partial charge in [-0.3, -0.25) is 14.4 Å². The van der Waals surface area contributed by atoms with Crippen LogP contribution in [0.3, 0.4) is 0 Å². The van der Waals surface area contributed by atoms with E-state index in [0.29, 0.717) is 11.5 Å². The highest BCUT2D eigenvalue weighted by molar-refractivity contribution is 6.06. The van der Waals surface area contributed by atoms with Crippen LogP contribution in [-0.2, 0) is 9.59 Å². The Morgan fingerprint density at radius 3 is 2.04 bits per heavy atom. The number of benzene rings is 1. The summed E-state index contributed by atoms with van der Waals surface area (Å²) in [6.45, 7) is 4.84. The van der Waals surface area contributed by atoms with Crippen molar-refractivity contribution in [2.24, 2.45) is 17.3 Å². The summed E-state index contributed by atoms with van der Waals surface area (Å²) in [6, 6.07) is 2.99. The molecule has 0 heterocycles. The molecule has 2 atom stereocenters. The summed E-state index contributed by atoms with van der Waals surface area (Å²) in [7, 11) is 2.89. The van der Waals surface area contributed by atoms with E-state index in [4.69, 9.17) is 9.47 Å². The first-order valence-corrected chi connectivity index (χ1v) is 7.45. The summed E-state index contributed by atoms with van der Waals surface area (Å²) in [4.78, 5) is 35.6. The minimum Gasteiger partial charge on any atom is -0.493 e. The first kappa shape index (κ1) is 17.8. The van der Waals surface area contributed by atoms with Gasteiger partial charge >= 0.3 is 5.97 Å². The Labute approximate surface area is 139 Å². The monoisotopic (exact) mass is 335 g/mol. The Morgan fingerprint density at radius 2 is 1.62 bits per heavy atom. The quantitative estimate of drug-likeness (QED) is 0.773. The molecular weight excluding hydrogens is 314 g/mol. The molecule has 1 fully saturated rings. The number of methoxy groups -OCH3 is 2. The molecule has 0 unspecified atom stereocenters. The molecule has 1 aromatic rings. The van der Waals surface area contributed by atoms with Crippen LogP contribution in [0.4, 0.5) is 5.69 Å². The smallest absolute Gasteiger partial charge is 0.307 e. The number of anilines is 1.